The molecule has 0 bridgehead atoms. The average Bonchev–Trinajstić information content (AvgIpc) is 2.71. The van der Waals surface area contributed by atoms with E-state index in [1.807, 2.05) is 53.7 Å². The monoisotopic (exact) mass is 394 g/mol. The van der Waals surface area contributed by atoms with Gasteiger partial charge in [0.15, 0.2) is 0 Å². The molecular formula is C22H54N2O3. The molecule has 0 rings (SSSR count). The van der Waals surface area contributed by atoms with Gasteiger partial charge in [-0.3, -0.25) is 11.7 Å². The van der Waals surface area contributed by atoms with E-state index in [9.17, 15) is 4.79 Å². The molecule has 0 radical (unpaired) electrons. The molecule has 0 saturated carbocycles. The summed E-state index contributed by atoms with van der Waals surface area (Å²) in [6.07, 6.45) is 6.23. The summed E-state index contributed by atoms with van der Waals surface area (Å²) in [6.45, 7) is 23.2. The van der Waals surface area contributed by atoms with Crippen molar-refractivity contribution in [3.63, 3.8) is 0 Å². The summed E-state index contributed by atoms with van der Waals surface area (Å²) in [5.41, 5.74) is -0.124. The Morgan fingerprint density at radius 1 is 0.963 bits per heavy atom. The maximum Gasteiger partial charge on any atom is 0.120 e. The number of carbonyl (C=O) groups excluding carboxylic acids is 1. The van der Waals surface area contributed by atoms with Crippen molar-refractivity contribution in [3.05, 3.63) is 12.2 Å². The molecule has 0 amide bonds. The van der Waals surface area contributed by atoms with Gasteiger partial charge in [-0.15, -0.1) is 0 Å². The molecule has 0 aliphatic heterocycles. The zero-order chi connectivity index (χ0) is 23.3. The zero-order valence-corrected chi connectivity index (χ0v) is 20.9. The highest BCUT2D eigenvalue weighted by Gasteiger charge is 2.30. The molecule has 0 saturated heterocycles. The van der Waals surface area contributed by atoms with Crippen LogP contribution in [0, 0.1) is 11.3 Å². The summed E-state index contributed by atoms with van der Waals surface area (Å²) < 4.78 is 10.3. The molecule has 2 atom stereocenters. The number of hydrogen-bond donors (Lipinski definition) is 2. The van der Waals surface area contributed by atoms with E-state index >= 15 is 0 Å². The summed E-state index contributed by atoms with van der Waals surface area (Å²) in [4.78, 5) is 10.6. The smallest absolute Gasteiger partial charge is 0.120 e. The van der Waals surface area contributed by atoms with Crippen molar-refractivity contribution >= 4 is 6.29 Å². The van der Waals surface area contributed by atoms with Crippen molar-refractivity contribution in [1.82, 2.24) is 0 Å². The molecule has 5 nitrogen and oxygen atoms in total. The normalized spacial score (nSPS) is 12.0. The van der Waals surface area contributed by atoms with Crippen LogP contribution in [0.4, 0.5) is 0 Å². The largest absolute Gasteiger partial charge is 0.381 e. The summed E-state index contributed by atoms with van der Waals surface area (Å²) in [5, 5.41) is 0. The van der Waals surface area contributed by atoms with Gasteiger partial charge in [-0.1, -0.05) is 88.3 Å². The molecule has 5 heteroatoms. The van der Waals surface area contributed by atoms with Gasteiger partial charge < -0.3 is 14.3 Å². The first-order valence-corrected chi connectivity index (χ1v) is 10.3. The molecule has 27 heavy (non-hydrogen) atoms. The topological polar surface area (TPSA) is 87.6 Å². The van der Waals surface area contributed by atoms with Crippen LogP contribution < -0.4 is 11.7 Å². The highest BCUT2D eigenvalue weighted by Crippen LogP contribution is 2.31. The number of ether oxygens (including phenoxy) is 2. The average molecular weight is 395 g/mol. The molecule has 170 valence electrons. The number of methoxy groups -OCH3 is 2. The van der Waals surface area contributed by atoms with Crippen LogP contribution in [0.2, 0.25) is 0 Å². The van der Waals surface area contributed by atoms with E-state index in [-0.39, 0.29) is 11.5 Å². The highest BCUT2D eigenvalue weighted by molar-refractivity contribution is 5.51. The van der Waals surface area contributed by atoms with E-state index in [2.05, 4.69) is 46.3 Å². The van der Waals surface area contributed by atoms with Crippen molar-refractivity contribution in [2.45, 2.75) is 95.1 Å². The fraction of sp³-hybridized carbons (Fsp3) is 0.864. The number of hydrogen-bond acceptors (Lipinski definition) is 5. The van der Waals surface area contributed by atoms with Crippen LogP contribution in [-0.4, -0.2) is 33.2 Å². The fourth-order valence-corrected chi connectivity index (χ4v) is 1.52. The van der Waals surface area contributed by atoms with Crippen LogP contribution in [0.25, 0.3) is 0 Å². The first-order chi connectivity index (χ1) is 12.9. The number of nitrogens with two attached hydrogens (primary N) is 2. The fourth-order valence-electron chi connectivity index (χ4n) is 1.52. The molecule has 0 aliphatic rings. The Bertz CT molecular complexity index is 245. The first-order valence-electron chi connectivity index (χ1n) is 10.3. The number of rotatable bonds is 8. The second-order valence-corrected chi connectivity index (χ2v) is 5.65. The van der Waals surface area contributed by atoms with Crippen LogP contribution in [0.3, 0.4) is 0 Å². The second kappa shape index (κ2) is 40.1. The molecule has 0 fully saturated rings. The minimum atomic E-state index is -0.124. The van der Waals surface area contributed by atoms with E-state index in [4.69, 9.17) is 9.47 Å². The van der Waals surface area contributed by atoms with Crippen LogP contribution in [-0.2, 0) is 14.3 Å². The molecule has 0 aliphatic carbocycles. The lowest BCUT2D eigenvalue weighted by Gasteiger charge is -2.32. The third kappa shape index (κ3) is 36.8. The Morgan fingerprint density at radius 2 is 1.33 bits per heavy atom. The molecule has 0 heterocycles. The van der Waals surface area contributed by atoms with Crippen molar-refractivity contribution in [2.24, 2.45) is 23.0 Å². The van der Waals surface area contributed by atoms with Crippen molar-refractivity contribution in [2.75, 3.05) is 20.8 Å². The predicted octanol–water partition coefficient (Wildman–Crippen LogP) is 5.77. The maximum absolute atomic E-state index is 10.6. The van der Waals surface area contributed by atoms with Crippen molar-refractivity contribution in [3.8, 4) is 0 Å². The standard InChI is InChI=1S/C12H22O3.C4H10.3C2H6.H4N2/c1-5-12(2,8-9-13)11(15-4)7-6-10-14-3;1-4(2)3;4*1-2/h6-7,9,11H,5,8,10H2,1-4H3;4H,1-3H3;3*1-2H3;1-2H2/b7-6-;;;;;. The Kier molecular flexibility index (Phi) is 60.6. The van der Waals surface area contributed by atoms with Gasteiger partial charge >= 0.3 is 0 Å². The third-order valence-electron chi connectivity index (χ3n) is 2.87. The number of hydrazine groups is 1. The van der Waals surface area contributed by atoms with Crippen molar-refractivity contribution < 1.29 is 14.3 Å². The summed E-state index contributed by atoms with van der Waals surface area (Å²) in [6, 6.07) is 0. The number of aldehydes is 1. The SMILES string of the molecule is CC.CC.CC.CC(C)C.CCC(C)(CC=O)C(/C=C\COC)OC.NN. The first kappa shape index (κ1) is 40.8. The summed E-state index contributed by atoms with van der Waals surface area (Å²) >= 11 is 0. The van der Waals surface area contributed by atoms with E-state index in [1.165, 1.54) is 0 Å². The van der Waals surface area contributed by atoms with Gasteiger partial charge in [-0.05, 0) is 12.3 Å². The van der Waals surface area contributed by atoms with E-state index < -0.39 is 0 Å². The van der Waals surface area contributed by atoms with Crippen LogP contribution in [0.15, 0.2) is 12.2 Å². The Labute approximate surface area is 172 Å². The molecule has 0 aromatic rings. The van der Waals surface area contributed by atoms with Gasteiger partial charge in [0.2, 0.25) is 0 Å². The van der Waals surface area contributed by atoms with Gasteiger partial charge in [-0.2, -0.15) is 0 Å². The third-order valence-corrected chi connectivity index (χ3v) is 2.87. The molecule has 0 aromatic carbocycles. The molecule has 4 N–H and O–H groups in total. The predicted molar refractivity (Wildman–Crippen MR) is 124 cm³/mol. The van der Waals surface area contributed by atoms with Gasteiger partial charge in [0.1, 0.15) is 6.29 Å². The van der Waals surface area contributed by atoms with Crippen LogP contribution in [0.1, 0.15) is 89.0 Å². The molecule has 2 unspecified atom stereocenters. The van der Waals surface area contributed by atoms with Gasteiger partial charge in [0.05, 0.1) is 12.7 Å². The maximum atomic E-state index is 10.6. The molecule has 0 aromatic heterocycles. The number of carbonyl (C=O) groups is 1. The van der Waals surface area contributed by atoms with Crippen LogP contribution >= 0.6 is 0 Å². The highest BCUT2D eigenvalue weighted by atomic mass is 16.5. The summed E-state index contributed by atoms with van der Waals surface area (Å²) in [5.74, 6) is 8.83. The Morgan fingerprint density at radius 3 is 1.56 bits per heavy atom. The van der Waals surface area contributed by atoms with Crippen LogP contribution in [0.5, 0.6) is 0 Å². The molecular weight excluding hydrogens is 340 g/mol. The lowest BCUT2D eigenvalue weighted by molar-refractivity contribution is -0.111. The zero-order valence-electron chi connectivity index (χ0n) is 20.9. The van der Waals surface area contributed by atoms with Gasteiger partial charge in [0.25, 0.3) is 0 Å². The lowest BCUT2D eigenvalue weighted by atomic mass is 9.78. The van der Waals surface area contributed by atoms with E-state index in [0.29, 0.717) is 13.0 Å². The van der Waals surface area contributed by atoms with E-state index in [1.54, 1.807) is 14.2 Å². The molecule has 0 spiro atoms. The second-order valence-electron chi connectivity index (χ2n) is 5.65. The Balaban J connectivity index is -0.0000000765. The quantitative estimate of drug-likeness (QED) is 0.236. The summed E-state index contributed by atoms with van der Waals surface area (Å²) in [7, 11) is 3.32. The van der Waals surface area contributed by atoms with Crippen molar-refractivity contribution in [1.29, 1.82) is 0 Å². The Hall–Kier alpha value is -0.750. The lowest BCUT2D eigenvalue weighted by Crippen LogP contribution is -2.32. The van der Waals surface area contributed by atoms with E-state index in [0.717, 1.165) is 18.6 Å². The van der Waals surface area contributed by atoms with Gasteiger partial charge in [-0.25, -0.2) is 0 Å². The minimum absolute atomic E-state index is 0.0390. The minimum Gasteiger partial charge on any atom is -0.381 e. The van der Waals surface area contributed by atoms with Gasteiger partial charge in [0, 0.05) is 26.1 Å².